The molecule has 0 aliphatic rings. The monoisotopic (exact) mass is 294 g/mol. The molecule has 0 spiro atoms. The Morgan fingerprint density at radius 1 is 1.35 bits per heavy atom. The van der Waals surface area contributed by atoms with Crippen LogP contribution in [0.4, 0.5) is 17.6 Å². The van der Waals surface area contributed by atoms with Crippen molar-refractivity contribution < 1.29 is 22.3 Å². The number of ether oxygens (including phenoxy) is 1. The number of halogens is 4. The van der Waals surface area contributed by atoms with E-state index in [0.29, 0.717) is 12.1 Å². The Hall–Kier alpha value is -1.37. The Morgan fingerprint density at radius 2 is 2.05 bits per heavy atom. The van der Waals surface area contributed by atoms with E-state index in [1.165, 1.54) is 12.3 Å². The molecule has 0 aliphatic heterocycles. The predicted molar refractivity (Wildman–Crippen MR) is 67.0 cm³/mol. The fourth-order valence-electron chi connectivity index (χ4n) is 1.45. The van der Waals surface area contributed by atoms with Gasteiger partial charge in [0, 0.05) is 30.8 Å². The van der Waals surface area contributed by atoms with Crippen molar-refractivity contribution in [2.75, 3.05) is 6.61 Å². The summed E-state index contributed by atoms with van der Waals surface area (Å²) in [5.74, 6) is -0.886. The van der Waals surface area contributed by atoms with Crippen molar-refractivity contribution in [2.24, 2.45) is 0 Å². The van der Waals surface area contributed by atoms with Crippen molar-refractivity contribution in [1.29, 1.82) is 0 Å². The van der Waals surface area contributed by atoms with E-state index in [4.69, 9.17) is 4.74 Å². The number of nitrogens with one attached hydrogen (secondary N) is 1. The minimum Gasteiger partial charge on any atom is -0.476 e. The van der Waals surface area contributed by atoms with Gasteiger partial charge >= 0.3 is 6.18 Å². The Labute approximate surface area is 115 Å². The third-order valence-electron chi connectivity index (χ3n) is 2.48. The van der Waals surface area contributed by atoms with Crippen LogP contribution in [-0.4, -0.2) is 23.8 Å². The van der Waals surface area contributed by atoms with Gasteiger partial charge in [-0.25, -0.2) is 9.37 Å². The summed E-state index contributed by atoms with van der Waals surface area (Å²) < 4.78 is 54.7. The molecule has 0 radical (unpaired) electrons. The largest absolute Gasteiger partial charge is 0.476 e. The zero-order valence-corrected chi connectivity index (χ0v) is 11.4. The third kappa shape index (κ3) is 6.18. The number of hydrogen-bond acceptors (Lipinski definition) is 3. The van der Waals surface area contributed by atoms with Gasteiger partial charge in [-0.1, -0.05) is 13.8 Å². The molecule has 20 heavy (non-hydrogen) atoms. The molecule has 0 saturated carbocycles. The summed E-state index contributed by atoms with van der Waals surface area (Å²) >= 11 is 0. The van der Waals surface area contributed by atoms with Gasteiger partial charge in [0.25, 0.3) is 5.88 Å². The van der Waals surface area contributed by atoms with Crippen molar-refractivity contribution in [3.8, 4) is 5.88 Å². The van der Waals surface area contributed by atoms with E-state index in [9.17, 15) is 17.6 Å². The zero-order valence-electron chi connectivity index (χ0n) is 11.4. The molecule has 0 unspecified atom stereocenters. The highest BCUT2D eigenvalue weighted by molar-refractivity contribution is 5.23. The van der Waals surface area contributed by atoms with Crippen molar-refractivity contribution in [3.05, 3.63) is 23.6 Å². The summed E-state index contributed by atoms with van der Waals surface area (Å²) in [7, 11) is 0. The van der Waals surface area contributed by atoms with Crippen LogP contribution in [0.1, 0.15) is 32.3 Å². The van der Waals surface area contributed by atoms with E-state index >= 15 is 0 Å². The molecule has 0 aliphatic carbocycles. The fraction of sp³-hybridized carbons (Fsp3) is 0.615. The molecule has 114 valence electrons. The second-order valence-electron chi connectivity index (χ2n) is 4.69. The lowest BCUT2D eigenvalue weighted by Crippen LogP contribution is -2.22. The van der Waals surface area contributed by atoms with Gasteiger partial charge < -0.3 is 10.1 Å². The Bertz CT molecular complexity index is 421. The molecule has 0 aromatic carbocycles. The van der Waals surface area contributed by atoms with Gasteiger partial charge in [-0.05, 0) is 12.5 Å². The van der Waals surface area contributed by atoms with Gasteiger partial charge in [-0.2, -0.15) is 13.2 Å². The number of hydrogen-bond donors (Lipinski definition) is 1. The summed E-state index contributed by atoms with van der Waals surface area (Å²) in [5, 5.41) is 3.04. The van der Waals surface area contributed by atoms with Crippen molar-refractivity contribution in [2.45, 2.75) is 45.5 Å². The first-order valence-corrected chi connectivity index (χ1v) is 6.36. The first kappa shape index (κ1) is 16.7. The van der Waals surface area contributed by atoms with E-state index < -0.39 is 18.4 Å². The molecule has 1 aromatic rings. The summed E-state index contributed by atoms with van der Waals surface area (Å²) in [4.78, 5) is 3.69. The van der Waals surface area contributed by atoms with E-state index in [-0.39, 0.29) is 24.9 Å². The molecular formula is C13H18F4N2O. The second kappa shape index (κ2) is 7.42. The van der Waals surface area contributed by atoms with Gasteiger partial charge in [0.15, 0.2) is 5.82 Å². The van der Waals surface area contributed by atoms with Crippen LogP contribution in [0.15, 0.2) is 12.3 Å². The fourth-order valence-corrected chi connectivity index (χ4v) is 1.45. The maximum absolute atomic E-state index is 13.9. The van der Waals surface area contributed by atoms with Crippen LogP contribution in [-0.2, 0) is 6.54 Å². The smallest absolute Gasteiger partial charge is 0.389 e. The predicted octanol–water partition coefficient (Wildman–Crippen LogP) is 3.44. The van der Waals surface area contributed by atoms with Gasteiger partial charge in [0.1, 0.15) is 0 Å². The summed E-state index contributed by atoms with van der Waals surface area (Å²) in [6.07, 6.45) is -4.03. The second-order valence-corrected chi connectivity index (χ2v) is 4.69. The number of pyridine rings is 1. The maximum Gasteiger partial charge on any atom is 0.389 e. The lowest BCUT2D eigenvalue weighted by Gasteiger charge is -2.12. The normalized spacial score (nSPS) is 11.9. The molecule has 0 fully saturated rings. The Kier molecular flexibility index (Phi) is 6.19. The van der Waals surface area contributed by atoms with Gasteiger partial charge in [0.05, 0.1) is 6.61 Å². The topological polar surface area (TPSA) is 34.2 Å². The maximum atomic E-state index is 13.9. The van der Waals surface area contributed by atoms with Crippen LogP contribution in [0, 0.1) is 5.82 Å². The number of alkyl halides is 3. The first-order valence-electron chi connectivity index (χ1n) is 6.36. The number of rotatable bonds is 7. The summed E-state index contributed by atoms with van der Waals surface area (Å²) in [5.41, 5.74) is 0.375. The molecule has 0 saturated heterocycles. The van der Waals surface area contributed by atoms with Gasteiger partial charge in [-0.15, -0.1) is 0 Å². The van der Waals surface area contributed by atoms with E-state index in [1.54, 1.807) is 0 Å². The van der Waals surface area contributed by atoms with Gasteiger partial charge in [0.2, 0.25) is 0 Å². The Balaban J connectivity index is 2.52. The molecule has 1 aromatic heterocycles. The summed E-state index contributed by atoms with van der Waals surface area (Å²) in [6.45, 7) is 3.94. The molecule has 1 heterocycles. The molecule has 3 nitrogen and oxygen atoms in total. The lowest BCUT2D eigenvalue weighted by atomic mass is 10.2. The molecule has 0 atom stereocenters. The standard InChI is InChI=1S/C13H18F4N2O/c1-9(2)19-8-10-4-6-18-12(11(10)14)20-7-3-5-13(15,16)17/h4,6,9,19H,3,5,7-8H2,1-2H3. The van der Waals surface area contributed by atoms with Gasteiger partial charge in [-0.3, -0.25) is 0 Å². The number of aromatic nitrogens is 1. The molecule has 0 amide bonds. The Morgan fingerprint density at radius 3 is 2.65 bits per heavy atom. The molecule has 1 N–H and O–H groups in total. The van der Waals surface area contributed by atoms with E-state index in [0.717, 1.165) is 0 Å². The van der Waals surface area contributed by atoms with Crippen molar-refractivity contribution in [1.82, 2.24) is 10.3 Å². The van der Waals surface area contributed by atoms with Crippen molar-refractivity contribution >= 4 is 0 Å². The molecule has 1 rings (SSSR count). The van der Waals surface area contributed by atoms with E-state index in [1.807, 2.05) is 13.8 Å². The SMILES string of the molecule is CC(C)NCc1ccnc(OCCCC(F)(F)F)c1F. The zero-order chi connectivity index (χ0) is 15.2. The molecular weight excluding hydrogens is 276 g/mol. The highest BCUT2D eigenvalue weighted by Gasteiger charge is 2.26. The number of nitrogens with zero attached hydrogens (tertiary/aromatic N) is 1. The summed E-state index contributed by atoms with van der Waals surface area (Å²) in [6, 6.07) is 1.70. The molecule has 7 heteroatoms. The highest BCUT2D eigenvalue weighted by Crippen LogP contribution is 2.22. The lowest BCUT2D eigenvalue weighted by molar-refractivity contribution is -0.136. The first-order chi connectivity index (χ1) is 9.29. The van der Waals surface area contributed by atoms with Crippen LogP contribution in [0.25, 0.3) is 0 Å². The third-order valence-corrected chi connectivity index (χ3v) is 2.48. The van der Waals surface area contributed by atoms with Crippen LogP contribution in [0.2, 0.25) is 0 Å². The average Bonchev–Trinajstić information content (AvgIpc) is 2.33. The van der Waals surface area contributed by atoms with E-state index in [2.05, 4.69) is 10.3 Å². The average molecular weight is 294 g/mol. The minimum atomic E-state index is -4.22. The quantitative estimate of drug-likeness (QED) is 0.618. The molecule has 0 bridgehead atoms. The van der Waals surface area contributed by atoms with Crippen LogP contribution in [0.5, 0.6) is 5.88 Å². The van der Waals surface area contributed by atoms with Crippen molar-refractivity contribution in [3.63, 3.8) is 0 Å². The highest BCUT2D eigenvalue weighted by atomic mass is 19.4. The van der Waals surface area contributed by atoms with Crippen LogP contribution < -0.4 is 10.1 Å². The van der Waals surface area contributed by atoms with Crippen LogP contribution in [0.3, 0.4) is 0 Å². The minimum absolute atomic E-state index is 0.193. The van der Waals surface area contributed by atoms with Crippen LogP contribution >= 0.6 is 0 Å².